The van der Waals surface area contributed by atoms with Crippen LogP contribution in [0.2, 0.25) is 0 Å². The first kappa shape index (κ1) is 13.9. The maximum atomic E-state index is 12.6. The van der Waals surface area contributed by atoms with E-state index in [9.17, 15) is 4.79 Å². The smallest absolute Gasteiger partial charge is 0.270 e. The predicted molar refractivity (Wildman–Crippen MR) is 77.1 cm³/mol. The molecule has 1 aliphatic heterocycles. The third kappa shape index (κ3) is 2.61. The summed E-state index contributed by atoms with van der Waals surface area (Å²) in [5.74, 6) is 0.594. The first-order chi connectivity index (χ1) is 8.93. The number of anilines is 1. The number of aromatic nitrogens is 1. The van der Waals surface area contributed by atoms with Crippen LogP contribution < -0.4 is 5.73 Å². The van der Waals surface area contributed by atoms with E-state index in [-0.39, 0.29) is 5.91 Å². The zero-order chi connectivity index (χ0) is 14.2. The van der Waals surface area contributed by atoms with Crippen molar-refractivity contribution in [2.45, 2.75) is 26.4 Å². The van der Waals surface area contributed by atoms with Crippen LogP contribution in [-0.2, 0) is 6.54 Å². The van der Waals surface area contributed by atoms with E-state index in [0.717, 1.165) is 19.6 Å². The quantitative estimate of drug-likeness (QED) is 0.890. The number of hydrogen-bond donors (Lipinski definition) is 1. The molecule has 0 bridgehead atoms. The largest absolute Gasteiger partial charge is 0.397 e. The Labute approximate surface area is 115 Å². The van der Waals surface area contributed by atoms with Crippen LogP contribution >= 0.6 is 0 Å². The van der Waals surface area contributed by atoms with Crippen LogP contribution in [0, 0.1) is 5.92 Å². The third-order valence-corrected chi connectivity index (χ3v) is 4.00. The third-order valence-electron chi connectivity index (χ3n) is 4.00. The van der Waals surface area contributed by atoms with Gasteiger partial charge in [0.2, 0.25) is 0 Å². The second kappa shape index (κ2) is 5.25. The van der Waals surface area contributed by atoms with Crippen LogP contribution in [0.3, 0.4) is 0 Å². The monoisotopic (exact) mass is 264 g/mol. The standard InChI is InChI=1S/C14H24N4O/c1-5-17-8-11(15)6-12(17)14(19)18-7-10(2)13(9-18)16(3)4/h6,8,10,13H,5,7,9,15H2,1-4H3. The number of rotatable bonds is 3. The van der Waals surface area contributed by atoms with Crippen LogP contribution in [0.1, 0.15) is 24.3 Å². The fourth-order valence-electron chi connectivity index (χ4n) is 2.92. The summed E-state index contributed by atoms with van der Waals surface area (Å²) in [6, 6.07) is 2.21. The summed E-state index contributed by atoms with van der Waals surface area (Å²) in [5, 5.41) is 0. The number of carbonyl (C=O) groups is 1. The lowest BCUT2D eigenvalue weighted by atomic mass is 10.1. The molecular formula is C14H24N4O. The van der Waals surface area contributed by atoms with Crippen molar-refractivity contribution in [1.29, 1.82) is 0 Å². The molecule has 1 saturated heterocycles. The van der Waals surface area contributed by atoms with Gasteiger partial charge in [-0.25, -0.2) is 0 Å². The number of nitrogen functional groups attached to an aromatic ring is 1. The average Bonchev–Trinajstić information content (AvgIpc) is 2.91. The lowest BCUT2D eigenvalue weighted by molar-refractivity contribution is 0.0771. The van der Waals surface area contributed by atoms with Crippen molar-refractivity contribution >= 4 is 11.6 Å². The van der Waals surface area contributed by atoms with Gasteiger partial charge in [0, 0.05) is 31.9 Å². The Kier molecular flexibility index (Phi) is 3.85. The number of nitrogens with zero attached hydrogens (tertiary/aromatic N) is 3. The van der Waals surface area contributed by atoms with Gasteiger partial charge in [0.05, 0.1) is 5.69 Å². The van der Waals surface area contributed by atoms with E-state index >= 15 is 0 Å². The Morgan fingerprint density at radius 2 is 2.16 bits per heavy atom. The van der Waals surface area contributed by atoms with Gasteiger partial charge in [-0.1, -0.05) is 6.92 Å². The topological polar surface area (TPSA) is 54.5 Å². The number of hydrogen-bond acceptors (Lipinski definition) is 3. The average molecular weight is 264 g/mol. The SMILES string of the molecule is CCn1cc(N)cc1C(=O)N1CC(C)C(N(C)C)C1. The van der Waals surface area contributed by atoms with Gasteiger partial charge in [-0.3, -0.25) is 4.79 Å². The Hall–Kier alpha value is -1.49. The predicted octanol–water partition coefficient (Wildman–Crippen LogP) is 1.11. The molecule has 1 aromatic heterocycles. The number of aryl methyl sites for hydroxylation is 1. The molecule has 2 unspecified atom stereocenters. The molecule has 2 rings (SSSR count). The molecule has 1 amide bonds. The number of likely N-dealkylation sites (N-methyl/N-ethyl adjacent to an activating group) is 1. The second-order valence-corrected chi connectivity index (χ2v) is 5.66. The van der Waals surface area contributed by atoms with E-state index in [1.165, 1.54) is 0 Å². The zero-order valence-electron chi connectivity index (χ0n) is 12.3. The van der Waals surface area contributed by atoms with Gasteiger partial charge in [-0.05, 0) is 33.0 Å². The highest BCUT2D eigenvalue weighted by Gasteiger charge is 2.34. The number of amides is 1. The summed E-state index contributed by atoms with van der Waals surface area (Å²) >= 11 is 0. The summed E-state index contributed by atoms with van der Waals surface area (Å²) in [6.07, 6.45) is 1.83. The highest BCUT2D eigenvalue weighted by atomic mass is 16.2. The fourth-order valence-corrected chi connectivity index (χ4v) is 2.92. The molecule has 1 fully saturated rings. The molecule has 5 heteroatoms. The molecule has 0 radical (unpaired) electrons. The number of likely N-dealkylation sites (tertiary alicyclic amines) is 1. The zero-order valence-corrected chi connectivity index (χ0v) is 12.3. The Balaban J connectivity index is 2.17. The maximum absolute atomic E-state index is 12.6. The molecule has 0 saturated carbocycles. The molecule has 1 aromatic rings. The fraction of sp³-hybridized carbons (Fsp3) is 0.643. The van der Waals surface area contributed by atoms with E-state index in [1.807, 2.05) is 22.6 Å². The molecule has 2 atom stereocenters. The molecule has 106 valence electrons. The van der Waals surface area contributed by atoms with Crippen molar-refractivity contribution in [3.05, 3.63) is 18.0 Å². The molecule has 0 aliphatic carbocycles. The number of nitrogens with two attached hydrogens (primary N) is 1. The molecule has 1 aliphatic rings. The summed E-state index contributed by atoms with van der Waals surface area (Å²) in [4.78, 5) is 16.7. The molecule has 19 heavy (non-hydrogen) atoms. The van der Waals surface area contributed by atoms with Crippen molar-refractivity contribution in [2.24, 2.45) is 5.92 Å². The van der Waals surface area contributed by atoms with Crippen molar-refractivity contribution in [3.8, 4) is 0 Å². The highest BCUT2D eigenvalue weighted by Crippen LogP contribution is 2.23. The van der Waals surface area contributed by atoms with Gasteiger partial charge in [0.1, 0.15) is 5.69 Å². The van der Waals surface area contributed by atoms with Gasteiger partial charge in [-0.15, -0.1) is 0 Å². The van der Waals surface area contributed by atoms with Gasteiger partial charge >= 0.3 is 0 Å². The minimum Gasteiger partial charge on any atom is -0.397 e. The summed E-state index contributed by atoms with van der Waals surface area (Å²) in [5.41, 5.74) is 7.15. The summed E-state index contributed by atoms with van der Waals surface area (Å²) < 4.78 is 1.92. The summed E-state index contributed by atoms with van der Waals surface area (Å²) in [7, 11) is 4.14. The van der Waals surface area contributed by atoms with Crippen LogP contribution in [0.5, 0.6) is 0 Å². The lowest BCUT2D eigenvalue weighted by Crippen LogP contribution is -2.36. The van der Waals surface area contributed by atoms with E-state index in [1.54, 1.807) is 6.07 Å². The highest BCUT2D eigenvalue weighted by molar-refractivity contribution is 5.94. The van der Waals surface area contributed by atoms with Crippen molar-refractivity contribution < 1.29 is 4.79 Å². The maximum Gasteiger partial charge on any atom is 0.270 e. The van der Waals surface area contributed by atoms with Gasteiger partial charge < -0.3 is 20.1 Å². The van der Waals surface area contributed by atoms with Crippen LogP contribution in [0.15, 0.2) is 12.3 Å². The minimum atomic E-state index is 0.0924. The van der Waals surface area contributed by atoms with Crippen molar-refractivity contribution in [3.63, 3.8) is 0 Å². The first-order valence-electron chi connectivity index (χ1n) is 6.85. The molecular weight excluding hydrogens is 240 g/mol. The second-order valence-electron chi connectivity index (χ2n) is 5.66. The molecule has 0 spiro atoms. The van der Waals surface area contributed by atoms with E-state index < -0.39 is 0 Å². The molecule has 2 N–H and O–H groups in total. The van der Waals surface area contributed by atoms with Crippen LogP contribution in [-0.4, -0.2) is 53.5 Å². The van der Waals surface area contributed by atoms with E-state index in [0.29, 0.717) is 23.3 Å². The lowest BCUT2D eigenvalue weighted by Gasteiger charge is -2.22. The number of carbonyl (C=O) groups excluding carboxylic acids is 1. The van der Waals surface area contributed by atoms with Crippen LogP contribution in [0.4, 0.5) is 5.69 Å². The molecule has 5 nitrogen and oxygen atoms in total. The minimum absolute atomic E-state index is 0.0924. The Morgan fingerprint density at radius 3 is 2.68 bits per heavy atom. The summed E-state index contributed by atoms with van der Waals surface area (Å²) in [6.45, 7) is 6.59. The van der Waals surface area contributed by atoms with Crippen LogP contribution in [0.25, 0.3) is 0 Å². The van der Waals surface area contributed by atoms with Crippen molar-refractivity contribution in [1.82, 2.24) is 14.4 Å². The van der Waals surface area contributed by atoms with E-state index in [2.05, 4.69) is 25.9 Å². The van der Waals surface area contributed by atoms with Crippen molar-refractivity contribution in [2.75, 3.05) is 32.9 Å². The Bertz CT molecular complexity index is 466. The van der Waals surface area contributed by atoms with Gasteiger partial charge in [0.15, 0.2) is 0 Å². The van der Waals surface area contributed by atoms with Gasteiger partial charge in [-0.2, -0.15) is 0 Å². The molecule has 0 aromatic carbocycles. The molecule has 2 heterocycles. The van der Waals surface area contributed by atoms with E-state index in [4.69, 9.17) is 5.73 Å². The normalized spacial score (nSPS) is 23.3. The van der Waals surface area contributed by atoms with Gasteiger partial charge in [0.25, 0.3) is 5.91 Å². The Morgan fingerprint density at radius 1 is 1.47 bits per heavy atom. The first-order valence-corrected chi connectivity index (χ1v) is 6.85.